The van der Waals surface area contributed by atoms with Crippen molar-refractivity contribution in [2.45, 2.75) is 20.4 Å². The van der Waals surface area contributed by atoms with Crippen LogP contribution in [0.25, 0.3) is 5.69 Å². The molecule has 0 atom stereocenters. The third-order valence-corrected chi connectivity index (χ3v) is 2.92. The average molecular weight is 243 g/mol. The van der Waals surface area contributed by atoms with Crippen molar-refractivity contribution >= 4 is 0 Å². The summed E-state index contributed by atoms with van der Waals surface area (Å²) in [5.41, 5.74) is 2.97. The van der Waals surface area contributed by atoms with E-state index in [0.29, 0.717) is 6.54 Å². The lowest BCUT2D eigenvalue weighted by Gasteiger charge is -2.00. The van der Waals surface area contributed by atoms with Crippen LogP contribution in [0.3, 0.4) is 0 Å². The molecule has 0 unspecified atom stereocenters. The maximum Gasteiger partial charge on any atom is 0.138 e. The highest BCUT2D eigenvalue weighted by Crippen LogP contribution is 2.14. The number of hydrogen-bond donors (Lipinski definition) is 0. The van der Waals surface area contributed by atoms with Gasteiger partial charge in [0.2, 0.25) is 0 Å². The monoisotopic (exact) mass is 243 g/mol. The molecule has 0 fully saturated rings. The van der Waals surface area contributed by atoms with E-state index in [1.807, 2.05) is 35.5 Å². The highest BCUT2D eigenvalue weighted by molar-refractivity contribution is 5.26. The lowest BCUT2D eigenvalue weighted by molar-refractivity contribution is 0.391. The maximum atomic E-state index is 5.14. The van der Waals surface area contributed by atoms with Crippen LogP contribution in [0.1, 0.15) is 17.0 Å². The van der Waals surface area contributed by atoms with E-state index in [1.165, 1.54) is 0 Å². The van der Waals surface area contributed by atoms with E-state index in [4.69, 9.17) is 4.52 Å². The minimum absolute atomic E-state index is 0.663. The number of aryl methyl sites for hydroxylation is 2. The minimum atomic E-state index is 0.663. The summed E-state index contributed by atoms with van der Waals surface area (Å²) < 4.78 is 8.92. The van der Waals surface area contributed by atoms with Gasteiger partial charge in [-0.25, -0.2) is 4.98 Å². The van der Waals surface area contributed by atoms with Crippen LogP contribution in [-0.4, -0.2) is 24.5 Å². The zero-order valence-electron chi connectivity index (χ0n) is 10.2. The Bertz CT molecular complexity index is 630. The van der Waals surface area contributed by atoms with Gasteiger partial charge >= 0.3 is 0 Å². The molecule has 0 aromatic carbocycles. The normalized spacial score (nSPS) is 11.0. The Kier molecular flexibility index (Phi) is 2.47. The van der Waals surface area contributed by atoms with E-state index in [-0.39, 0.29) is 0 Å². The van der Waals surface area contributed by atoms with Gasteiger partial charge in [-0.05, 0) is 13.8 Å². The van der Waals surface area contributed by atoms with Crippen molar-refractivity contribution in [2.24, 2.45) is 0 Å². The fourth-order valence-electron chi connectivity index (χ4n) is 1.87. The molecule has 3 rings (SSSR count). The predicted octanol–water partition coefficient (Wildman–Crippen LogP) is 1.72. The first kappa shape index (κ1) is 10.8. The molecule has 0 aliphatic heterocycles. The van der Waals surface area contributed by atoms with Gasteiger partial charge in [-0.1, -0.05) is 5.16 Å². The van der Waals surface area contributed by atoms with Crippen LogP contribution in [0.4, 0.5) is 0 Å². The highest BCUT2D eigenvalue weighted by atomic mass is 16.5. The van der Waals surface area contributed by atoms with E-state index in [2.05, 4.69) is 15.2 Å². The van der Waals surface area contributed by atoms with E-state index in [1.54, 1.807) is 18.7 Å². The fraction of sp³-hybridized carbons (Fsp3) is 0.250. The van der Waals surface area contributed by atoms with Crippen LogP contribution < -0.4 is 0 Å². The lowest BCUT2D eigenvalue weighted by atomic mass is 10.2. The molecule has 0 radical (unpaired) electrons. The molecule has 0 bridgehead atoms. The molecule has 0 aliphatic carbocycles. The first-order chi connectivity index (χ1) is 8.74. The first-order valence-corrected chi connectivity index (χ1v) is 5.66. The molecular formula is C12H13N5O. The van der Waals surface area contributed by atoms with E-state index < -0.39 is 0 Å². The first-order valence-electron chi connectivity index (χ1n) is 5.66. The minimum Gasteiger partial charge on any atom is -0.361 e. The number of imidazole rings is 1. The van der Waals surface area contributed by atoms with Gasteiger partial charge in [0.05, 0.1) is 30.5 Å². The molecule has 6 nitrogen and oxygen atoms in total. The van der Waals surface area contributed by atoms with Gasteiger partial charge < -0.3 is 9.09 Å². The van der Waals surface area contributed by atoms with E-state index in [9.17, 15) is 0 Å². The standard InChI is InChI=1S/C12H13N5O/c1-9-12(10(2)18-15-9)7-17-6-11(5-14-17)16-4-3-13-8-16/h3-6,8H,7H2,1-2H3. The molecule has 0 saturated heterocycles. The van der Waals surface area contributed by atoms with Gasteiger partial charge in [0.15, 0.2) is 0 Å². The van der Waals surface area contributed by atoms with Crippen molar-refractivity contribution in [1.82, 2.24) is 24.5 Å². The summed E-state index contributed by atoms with van der Waals surface area (Å²) in [5.74, 6) is 0.840. The Morgan fingerprint density at radius 3 is 2.89 bits per heavy atom. The molecule has 92 valence electrons. The summed E-state index contributed by atoms with van der Waals surface area (Å²) in [4.78, 5) is 4.01. The summed E-state index contributed by atoms with van der Waals surface area (Å²) in [5, 5.41) is 8.27. The number of aromatic nitrogens is 5. The van der Waals surface area contributed by atoms with Crippen molar-refractivity contribution in [2.75, 3.05) is 0 Å². The molecule has 18 heavy (non-hydrogen) atoms. The average Bonchev–Trinajstić information content (AvgIpc) is 3.06. The Balaban J connectivity index is 1.87. The molecule has 6 heteroatoms. The molecule has 0 amide bonds. The largest absolute Gasteiger partial charge is 0.361 e. The molecule has 3 aromatic heterocycles. The van der Waals surface area contributed by atoms with Gasteiger partial charge in [-0.2, -0.15) is 5.10 Å². The van der Waals surface area contributed by atoms with E-state index in [0.717, 1.165) is 22.7 Å². The topological polar surface area (TPSA) is 61.7 Å². The Morgan fingerprint density at radius 1 is 1.33 bits per heavy atom. The number of rotatable bonds is 3. The second-order valence-corrected chi connectivity index (χ2v) is 4.17. The Morgan fingerprint density at radius 2 is 2.22 bits per heavy atom. The second-order valence-electron chi connectivity index (χ2n) is 4.17. The summed E-state index contributed by atoms with van der Waals surface area (Å²) in [6.45, 7) is 4.51. The maximum absolute atomic E-state index is 5.14. The van der Waals surface area contributed by atoms with Crippen LogP contribution >= 0.6 is 0 Å². The van der Waals surface area contributed by atoms with E-state index >= 15 is 0 Å². The molecular weight excluding hydrogens is 230 g/mol. The van der Waals surface area contributed by atoms with Crippen molar-refractivity contribution in [3.05, 3.63) is 48.1 Å². The smallest absolute Gasteiger partial charge is 0.138 e. The Hall–Kier alpha value is -2.37. The zero-order valence-corrected chi connectivity index (χ0v) is 10.2. The molecule has 3 aromatic rings. The SMILES string of the molecule is Cc1noc(C)c1Cn1cc(-n2ccnc2)cn1. The van der Waals surface area contributed by atoms with Crippen LogP contribution in [0.2, 0.25) is 0 Å². The van der Waals surface area contributed by atoms with Gasteiger partial charge in [-0.15, -0.1) is 0 Å². The van der Waals surface area contributed by atoms with Crippen molar-refractivity contribution in [1.29, 1.82) is 0 Å². The molecule has 0 saturated carbocycles. The highest BCUT2D eigenvalue weighted by Gasteiger charge is 2.10. The summed E-state index contributed by atoms with van der Waals surface area (Å²) in [6, 6.07) is 0. The number of hydrogen-bond acceptors (Lipinski definition) is 4. The van der Waals surface area contributed by atoms with Crippen LogP contribution in [0.15, 0.2) is 35.6 Å². The van der Waals surface area contributed by atoms with Crippen LogP contribution in [0, 0.1) is 13.8 Å². The van der Waals surface area contributed by atoms with Gasteiger partial charge in [0.25, 0.3) is 0 Å². The summed E-state index contributed by atoms with van der Waals surface area (Å²) >= 11 is 0. The third-order valence-electron chi connectivity index (χ3n) is 2.92. The van der Waals surface area contributed by atoms with Gasteiger partial charge in [0.1, 0.15) is 5.76 Å². The fourth-order valence-corrected chi connectivity index (χ4v) is 1.87. The zero-order chi connectivity index (χ0) is 12.5. The number of nitrogens with zero attached hydrogens (tertiary/aromatic N) is 5. The third kappa shape index (κ3) is 1.81. The van der Waals surface area contributed by atoms with Crippen LogP contribution in [0.5, 0.6) is 0 Å². The predicted molar refractivity (Wildman–Crippen MR) is 64.4 cm³/mol. The molecule has 0 N–H and O–H groups in total. The summed E-state index contributed by atoms with van der Waals surface area (Å²) in [7, 11) is 0. The van der Waals surface area contributed by atoms with Crippen molar-refractivity contribution in [3.8, 4) is 5.69 Å². The second kappa shape index (κ2) is 4.14. The lowest BCUT2D eigenvalue weighted by Crippen LogP contribution is -2.01. The molecule has 3 heterocycles. The quantitative estimate of drug-likeness (QED) is 0.702. The van der Waals surface area contributed by atoms with Crippen LogP contribution in [-0.2, 0) is 6.54 Å². The molecule has 0 spiro atoms. The van der Waals surface area contributed by atoms with Gasteiger partial charge in [-0.3, -0.25) is 4.68 Å². The van der Waals surface area contributed by atoms with Crippen molar-refractivity contribution < 1.29 is 4.52 Å². The van der Waals surface area contributed by atoms with Gasteiger partial charge in [0, 0.05) is 24.2 Å². The summed E-state index contributed by atoms with van der Waals surface area (Å²) in [6.07, 6.45) is 9.15. The molecule has 0 aliphatic rings. The Labute approximate surface area is 104 Å². The van der Waals surface area contributed by atoms with Crippen molar-refractivity contribution in [3.63, 3.8) is 0 Å².